The number of ether oxygens (including phenoxy) is 1. The summed E-state index contributed by atoms with van der Waals surface area (Å²) in [5.41, 5.74) is -0.101. The van der Waals surface area contributed by atoms with Crippen molar-refractivity contribution < 1.29 is 19.6 Å². The highest BCUT2D eigenvalue weighted by molar-refractivity contribution is 6.10. The molecule has 8 heteroatoms. The maximum absolute atomic E-state index is 12.2. The molecule has 2 N–H and O–H groups in total. The van der Waals surface area contributed by atoms with Crippen molar-refractivity contribution in [2.24, 2.45) is 0 Å². The number of nitrogens with zero attached hydrogens (tertiary/aromatic N) is 2. The number of amides is 1. The number of rotatable bonds is 5. The molecule has 126 valence electrons. The number of phenolic OH excluding ortho intramolecular Hbond substituents is 1. The molecule has 2 rings (SSSR count). The highest BCUT2D eigenvalue weighted by Crippen LogP contribution is 2.28. The van der Waals surface area contributed by atoms with Crippen LogP contribution in [0.3, 0.4) is 0 Å². The number of carbonyl (C=O) groups is 1. The number of phenols is 1. The molecule has 25 heavy (non-hydrogen) atoms. The molecular weight excluding hydrogens is 326 g/mol. The van der Waals surface area contributed by atoms with Gasteiger partial charge in [0.25, 0.3) is 11.6 Å². The van der Waals surface area contributed by atoms with Gasteiger partial charge in [0.05, 0.1) is 12.0 Å². The molecule has 0 atom stereocenters. The smallest absolute Gasteiger partial charge is 0.292 e. The molecule has 0 saturated heterocycles. The monoisotopic (exact) mass is 339 g/mol. The Bertz CT molecular complexity index is 899. The molecule has 2 aromatic carbocycles. The van der Waals surface area contributed by atoms with Crippen molar-refractivity contribution in [3.05, 3.63) is 63.7 Å². The summed E-state index contributed by atoms with van der Waals surface area (Å²) < 4.78 is 4.96. The zero-order valence-electron chi connectivity index (χ0n) is 13.1. The SMILES string of the molecule is COc1cc(/C=C(\C#N)C(=O)Nc2ccccc2[N+](=O)[O-])ccc1O. The van der Waals surface area contributed by atoms with Gasteiger partial charge in [-0.05, 0) is 29.8 Å². The van der Waals surface area contributed by atoms with Crippen molar-refractivity contribution in [1.82, 2.24) is 0 Å². The molecule has 0 heterocycles. The Morgan fingerprint density at radius 3 is 2.72 bits per heavy atom. The lowest BCUT2D eigenvalue weighted by Gasteiger charge is -2.06. The quantitative estimate of drug-likeness (QED) is 0.373. The highest BCUT2D eigenvalue weighted by atomic mass is 16.6. The molecule has 0 radical (unpaired) electrons. The minimum absolute atomic E-state index is 0.0121. The van der Waals surface area contributed by atoms with Gasteiger partial charge in [0.2, 0.25) is 0 Å². The van der Waals surface area contributed by atoms with Gasteiger partial charge in [-0.15, -0.1) is 0 Å². The zero-order valence-corrected chi connectivity index (χ0v) is 13.1. The maximum atomic E-state index is 12.2. The van der Waals surface area contributed by atoms with E-state index in [4.69, 9.17) is 4.74 Å². The van der Waals surface area contributed by atoms with Crippen LogP contribution >= 0.6 is 0 Å². The fourth-order valence-electron chi connectivity index (χ4n) is 2.03. The van der Waals surface area contributed by atoms with Crippen molar-refractivity contribution in [3.63, 3.8) is 0 Å². The number of nitro benzene ring substituents is 1. The number of carbonyl (C=O) groups excluding carboxylic acids is 1. The number of benzene rings is 2. The summed E-state index contributed by atoms with van der Waals surface area (Å²) in [5.74, 6) is -0.684. The standard InChI is InChI=1S/C17H13N3O5/c1-25-16-9-11(6-7-15(16)21)8-12(10-18)17(22)19-13-4-2-3-5-14(13)20(23)24/h2-9,21H,1H3,(H,19,22)/b12-8+. The molecule has 0 saturated carbocycles. The topological polar surface area (TPSA) is 125 Å². The van der Waals surface area contributed by atoms with Crippen molar-refractivity contribution in [1.29, 1.82) is 5.26 Å². The van der Waals surface area contributed by atoms with Crippen LogP contribution in [0.15, 0.2) is 48.0 Å². The Morgan fingerprint density at radius 2 is 2.08 bits per heavy atom. The van der Waals surface area contributed by atoms with E-state index in [-0.39, 0.29) is 28.4 Å². The van der Waals surface area contributed by atoms with Crippen molar-refractivity contribution in [3.8, 4) is 17.6 Å². The van der Waals surface area contributed by atoms with E-state index in [0.717, 1.165) is 0 Å². The molecule has 0 aromatic heterocycles. The second-order valence-corrected chi connectivity index (χ2v) is 4.83. The Kier molecular flexibility index (Phi) is 5.32. The summed E-state index contributed by atoms with van der Waals surface area (Å²) in [7, 11) is 1.37. The minimum Gasteiger partial charge on any atom is -0.504 e. The Hall–Kier alpha value is -3.86. The summed E-state index contributed by atoms with van der Waals surface area (Å²) >= 11 is 0. The number of para-hydroxylation sites is 2. The third kappa shape index (κ3) is 4.11. The summed E-state index contributed by atoms with van der Waals surface area (Å²) in [6.07, 6.45) is 1.28. The van der Waals surface area contributed by atoms with E-state index < -0.39 is 10.8 Å². The second-order valence-electron chi connectivity index (χ2n) is 4.83. The van der Waals surface area contributed by atoms with Gasteiger partial charge in [-0.25, -0.2) is 0 Å². The van der Waals surface area contributed by atoms with Crippen LogP contribution in [0.1, 0.15) is 5.56 Å². The van der Waals surface area contributed by atoms with E-state index in [1.165, 1.54) is 55.7 Å². The van der Waals surface area contributed by atoms with Gasteiger partial charge in [0, 0.05) is 6.07 Å². The first-order chi connectivity index (χ1) is 12.0. The van der Waals surface area contributed by atoms with Gasteiger partial charge in [-0.2, -0.15) is 5.26 Å². The normalized spacial score (nSPS) is 10.6. The van der Waals surface area contributed by atoms with E-state index in [0.29, 0.717) is 5.56 Å². The molecule has 1 amide bonds. The lowest BCUT2D eigenvalue weighted by atomic mass is 10.1. The van der Waals surface area contributed by atoms with Gasteiger partial charge in [0.1, 0.15) is 17.3 Å². The van der Waals surface area contributed by atoms with Gasteiger partial charge in [-0.3, -0.25) is 14.9 Å². The molecule has 2 aromatic rings. The van der Waals surface area contributed by atoms with Crippen LogP contribution < -0.4 is 10.1 Å². The Labute approximate surface area is 142 Å². The fourth-order valence-corrected chi connectivity index (χ4v) is 2.03. The summed E-state index contributed by atoms with van der Waals surface area (Å²) in [6.45, 7) is 0. The van der Waals surface area contributed by atoms with Crippen molar-refractivity contribution >= 4 is 23.4 Å². The zero-order chi connectivity index (χ0) is 18.4. The van der Waals surface area contributed by atoms with Crippen LogP contribution in [0.5, 0.6) is 11.5 Å². The third-order valence-electron chi connectivity index (χ3n) is 3.23. The van der Waals surface area contributed by atoms with E-state index in [1.807, 2.05) is 0 Å². The van der Waals surface area contributed by atoms with Gasteiger partial charge in [-0.1, -0.05) is 18.2 Å². The largest absolute Gasteiger partial charge is 0.504 e. The first kappa shape index (κ1) is 17.5. The molecule has 0 aliphatic carbocycles. The molecule has 0 fully saturated rings. The lowest BCUT2D eigenvalue weighted by Crippen LogP contribution is -2.14. The number of nitriles is 1. The molecule has 0 aliphatic rings. The van der Waals surface area contributed by atoms with Gasteiger partial charge < -0.3 is 15.2 Å². The van der Waals surface area contributed by atoms with Crippen LogP contribution in [-0.2, 0) is 4.79 Å². The molecule has 0 spiro atoms. The molecular formula is C17H13N3O5. The Morgan fingerprint density at radius 1 is 1.36 bits per heavy atom. The number of methoxy groups -OCH3 is 1. The van der Waals surface area contributed by atoms with Crippen LogP contribution in [0.25, 0.3) is 6.08 Å². The number of anilines is 1. The minimum atomic E-state index is -0.788. The molecule has 8 nitrogen and oxygen atoms in total. The van der Waals surface area contributed by atoms with Crippen molar-refractivity contribution in [2.75, 3.05) is 12.4 Å². The summed E-state index contributed by atoms with van der Waals surface area (Å²) in [5, 5.41) is 32.1. The van der Waals surface area contributed by atoms with Crippen LogP contribution in [-0.4, -0.2) is 23.0 Å². The van der Waals surface area contributed by atoms with Crippen LogP contribution in [0.4, 0.5) is 11.4 Å². The van der Waals surface area contributed by atoms with Crippen LogP contribution in [0, 0.1) is 21.4 Å². The maximum Gasteiger partial charge on any atom is 0.292 e. The van der Waals surface area contributed by atoms with Gasteiger partial charge >= 0.3 is 0 Å². The van der Waals surface area contributed by atoms with E-state index >= 15 is 0 Å². The van der Waals surface area contributed by atoms with E-state index in [2.05, 4.69) is 5.32 Å². The summed E-state index contributed by atoms with van der Waals surface area (Å²) in [4.78, 5) is 22.6. The van der Waals surface area contributed by atoms with Crippen molar-refractivity contribution in [2.45, 2.75) is 0 Å². The third-order valence-corrected chi connectivity index (χ3v) is 3.23. The first-order valence-electron chi connectivity index (χ1n) is 7.00. The molecule has 0 bridgehead atoms. The predicted octanol–water partition coefficient (Wildman–Crippen LogP) is 2.85. The van der Waals surface area contributed by atoms with E-state index in [1.54, 1.807) is 6.07 Å². The number of hydrogen-bond donors (Lipinski definition) is 2. The first-order valence-corrected chi connectivity index (χ1v) is 7.00. The number of hydrogen-bond acceptors (Lipinski definition) is 6. The van der Waals surface area contributed by atoms with Gasteiger partial charge in [0.15, 0.2) is 11.5 Å². The van der Waals surface area contributed by atoms with E-state index in [9.17, 15) is 25.3 Å². The highest BCUT2D eigenvalue weighted by Gasteiger charge is 2.17. The number of aromatic hydroxyl groups is 1. The average molecular weight is 339 g/mol. The Balaban J connectivity index is 2.31. The lowest BCUT2D eigenvalue weighted by molar-refractivity contribution is -0.383. The molecule has 0 unspecified atom stereocenters. The summed E-state index contributed by atoms with van der Waals surface area (Å²) in [6, 6.07) is 11.7. The average Bonchev–Trinajstić information content (AvgIpc) is 2.61. The predicted molar refractivity (Wildman–Crippen MR) is 90.0 cm³/mol. The second kappa shape index (κ2) is 7.61. The number of nitro groups is 1. The fraction of sp³-hybridized carbons (Fsp3) is 0.0588. The number of nitrogens with one attached hydrogen (secondary N) is 1. The van der Waals surface area contributed by atoms with Crippen LogP contribution in [0.2, 0.25) is 0 Å². The molecule has 0 aliphatic heterocycles.